The van der Waals surface area contributed by atoms with E-state index in [4.69, 9.17) is 10.8 Å². The fraction of sp³-hybridized carbons (Fsp3) is 0.182. The van der Waals surface area contributed by atoms with Gasteiger partial charge in [-0.05, 0) is 18.2 Å². The van der Waals surface area contributed by atoms with Gasteiger partial charge in [0, 0.05) is 23.0 Å². The first kappa shape index (κ1) is 11.6. The summed E-state index contributed by atoms with van der Waals surface area (Å²) in [5.41, 5.74) is 6.93. The van der Waals surface area contributed by atoms with Crippen LogP contribution in [-0.2, 0) is 0 Å². The highest BCUT2D eigenvalue weighted by atomic mass is 79.9. The maximum absolute atomic E-state index is 10.7. The van der Waals surface area contributed by atoms with Gasteiger partial charge < -0.3 is 10.8 Å². The minimum atomic E-state index is -0.974. The van der Waals surface area contributed by atoms with E-state index in [-0.39, 0.29) is 5.56 Å². The first-order chi connectivity index (χ1) is 7.15. The molecule has 1 rings (SSSR count). The van der Waals surface area contributed by atoms with E-state index in [9.17, 15) is 4.79 Å². The Balaban J connectivity index is 3.02. The largest absolute Gasteiger partial charge is 0.478 e. The van der Waals surface area contributed by atoms with Crippen molar-refractivity contribution in [1.82, 2.24) is 0 Å². The van der Waals surface area contributed by atoms with Gasteiger partial charge in [0.15, 0.2) is 0 Å². The van der Waals surface area contributed by atoms with E-state index in [0.29, 0.717) is 17.7 Å². The molecule has 0 saturated heterocycles. The molecule has 1 aromatic rings. The molecule has 3 nitrogen and oxygen atoms in total. The molecule has 0 unspecified atom stereocenters. The molecule has 78 valence electrons. The molecule has 0 aliphatic rings. The smallest absolute Gasteiger partial charge is 0.335 e. The Labute approximate surface area is 96.4 Å². The molecule has 0 spiro atoms. The van der Waals surface area contributed by atoms with Crippen LogP contribution in [0.5, 0.6) is 0 Å². The lowest BCUT2D eigenvalue weighted by molar-refractivity contribution is 0.0697. The Morgan fingerprint density at radius 1 is 1.53 bits per heavy atom. The fourth-order valence-corrected chi connectivity index (χ4v) is 1.20. The van der Waals surface area contributed by atoms with Gasteiger partial charge >= 0.3 is 5.97 Å². The topological polar surface area (TPSA) is 63.3 Å². The number of hydrogen-bond acceptors (Lipinski definition) is 2. The average Bonchev–Trinajstić information content (AvgIpc) is 2.20. The van der Waals surface area contributed by atoms with E-state index in [1.807, 2.05) is 0 Å². The van der Waals surface area contributed by atoms with Crippen LogP contribution in [0.15, 0.2) is 18.2 Å². The summed E-state index contributed by atoms with van der Waals surface area (Å²) < 4.78 is 0. The lowest BCUT2D eigenvalue weighted by Gasteiger charge is -1.99. The molecule has 0 amide bonds. The minimum Gasteiger partial charge on any atom is -0.478 e. The molecule has 0 aromatic heterocycles. The molecule has 0 atom stereocenters. The van der Waals surface area contributed by atoms with E-state index in [1.54, 1.807) is 6.07 Å². The predicted octanol–water partition coefficient (Wildman–Crippen LogP) is 2.10. The number of benzene rings is 1. The SMILES string of the molecule is Nc1ccc(C(=O)O)cc1C#CCCBr. The zero-order chi connectivity index (χ0) is 11.3. The molecule has 0 aliphatic carbocycles. The fourth-order valence-electron chi connectivity index (χ4n) is 1.00. The van der Waals surface area contributed by atoms with Gasteiger partial charge in [0.1, 0.15) is 0 Å². The van der Waals surface area contributed by atoms with Crippen molar-refractivity contribution >= 4 is 27.6 Å². The molecule has 4 heteroatoms. The number of carboxylic acids is 1. The molecule has 0 fully saturated rings. The van der Waals surface area contributed by atoms with Crippen LogP contribution in [0.25, 0.3) is 0 Å². The monoisotopic (exact) mass is 267 g/mol. The van der Waals surface area contributed by atoms with Crippen LogP contribution in [0.1, 0.15) is 22.3 Å². The highest BCUT2D eigenvalue weighted by Crippen LogP contribution is 2.13. The zero-order valence-corrected chi connectivity index (χ0v) is 9.54. The van der Waals surface area contributed by atoms with Gasteiger partial charge in [-0.15, -0.1) is 0 Å². The lowest BCUT2D eigenvalue weighted by Crippen LogP contribution is -1.99. The normalized spacial score (nSPS) is 9.13. The summed E-state index contributed by atoms with van der Waals surface area (Å²) in [7, 11) is 0. The molecular weight excluding hydrogens is 258 g/mol. The summed E-state index contributed by atoms with van der Waals surface area (Å²) in [5.74, 6) is 4.76. The number of alkyl halides is 1. The third kappa shape index (κ3) is 3.30. The lowest BCUT2D eigenvalue weighted by atomic mass is 10.1. The molecule has 0 saturated carbocycles. The summed E-state index contributed by atoms with van der Waals surface area (Å²) in [6.45, 7) is 0. The van der Waals surface area contributed by atoms with Gasteiger partial charge in [-0.2, -0.15) is 0 Å². The number of carbonyl (C=O) groups is 1. The van der Waals surface area contributed by atoms with Gasteiger partial charge in [0.05, 0.1) is 5.56 Å². The number of carboxylic acid groups (broad SMARTS) is 1. The van der Waals surface area contributed by atoms with Crippen molar-refractivity contribution in [2.24, 2.45) is 0 Å². The Hall–Kier alpha value is -1.47. The van der Waals surface area contributed by atoms with Crippen molar-refractivity contribution in [1.29, 1.82) is 0 Å². The Bertz CT molecular complexity index is 432. The quantitative estimate of drug-likeness (QED) is 0.490. The minimum absolute atomic E-state index is 0.201. The first-order valence-electron chi connectivity index (χ1n) is 4.33. The van der Waals surface area contributed by atoms with E-state index < -0.39 is 5.97 Å². The number of nitrogens with two attached hydrogens (primary N) is 1. The van der Waals surface area contributed by atoms with E-state index in [2.05, 4.69) is 27.8 Å². The summed E-state index contributed by atoms with van der Waals surface area (Å²) in [6.07, 6.45) is 0.705. The third-order valence-electron chi connectivity index (χ3n) is 1.74. The number of rotatable bonds is 2. The van der Waals surface area contributed by atoms with Crippen molar-refractivity contribution < 1.29 is 9.90 Å². The van der Waals surface area contributed by atoms with Crippen molar-refractivity contribution in [3.8, 4) is 11.8 Å². The van der Waals surface area contributed by atoms with Gasteiger partial charge in [-0.25, -0.2) is 4.79 Å². The number of halogens is 1. The van der Waals surface area contributed by atoms with Crippen molar-refractivity contribution in [2.75, 3.05) is 11.1 Å². The van der Waals surface area contributed by atoms with Gasteiger partial charge in [-0.1, -0.05) is 27.8 Å². The van der Waals surface area contributed by atoms with Gasteiger partial charge in [-0.3, -0.25) is 0 Å². The van der Waals surface area contributed by atoms with E-state index in [0.717, 1.165) is 5.33 Å². The van der Waals surface area contributed by atoms with Crippen molar-refractivity contribution in [2.45, 2.75) is 6.42 Å². The van der Waals surface area contributed by atoms with Gasteiger partial charge in [0.25, 0.3) is 0 Å². The Morgan fingerprint density at radius 3 is 2.87 bits per heavy atom. The molecule has 0 heterocycles. The average molecular weight is 268 g/mol. The molecule has 0 aliphatic heterocycles. The second-order valence-electron chi connectivity index (χ2n) is 2.85. The second-order valence-corrected chi connectivity index (χ2v) is 3.64. The second kappa shape index (κ2) is 5.42. The maximum atomic E-state index is 10.7. The zero-order valence-electron chi connectivity index (χ0n) is 7.96. The van der Waals surface area contributed by atoms with Crippen LogP contribution in [0.4, 0.5) is 5.69 Å². The summed E-state index contributed by atoms with van der Waals surface area (Å²) in [5, 5.41) is 9.57. The third-order valence-corrected chi connectivity index (χ3v) is 2.14. The maximum Gasteiger partial charge on any atom is 0.335 e. The Kier molecular flexibility index (Phi) is 4.19. The molecule has 0 radical (unpaired) electrons. The van der Waals surface area contributed by atoms with Crippen molar-refractivity contribution in [3.63, 3.8) is 0 Å². The Morgan fingerprint density at radius 2 is 2.27 bits per heavy atom. The molecule has 15 heavy (non-hydrogen) atoms. The molecule has 1 aromatic carbocycles. The van der Waals surface area contributed by atoms with Crippen LogP contribution in [-0.4, -0.2) is 16.4 Å². The number of nitrogen functional groups attached to an aromatic ring is 1. The van der Waals surface area contributed by atoms with E-state index >= 15 is 0 Å². The summed E-state index contributed by atoms with van der Waals surface area (Å²) >= 11 is 3.25. The molecular formula is C11H10BrNO2. The highest BCUT2D eigenvalue weighted by Gasteiger charge is 2.04. The van der Waals surface area contributed by atoms with Crippen LogP contribution in [0, 0.1) is 11.8 Å². The molecule has 0 bridgehead atoms. The van der Waals surface area contributed by atoms with Crippen LogP contribution >= 0.6 is 15.9 Å². The first-order valence-corrected chi connectivity index (χ1v) is 5.45. The summed E-state index contributed by atoms with van der Waals surface area (Å²) in [4.78, 5) is 10.7. The highest BCUT2D eigenvalue weighted by molar-refractivity contribution is 9.09. The predicted molar refractivity (Wildman–Crippen MR) is 63.1 cm³/mol. The van der Waals surface area contributed by atoms with Crippen LogP contribution < -0.4 is 5.73 Å². The van der Waals surface area contributed by atoms with Crippen LogP contribution in [0.3, 0.4) is 0 Å². The molecule has 3 N–H and O–H groups in total. The standard InChI is InChI=1S/C11H10BrNO2/c12-6-2-1-3-8-7-9(11(14)15)4-5-10(8)13/h4-5,7H,2,6,13H2,(H,14,15). The van der Waals surface area contributed by atoms with Gasteiger partial charge in [0.2, 0.25) is 0 Å². The summed E-state index contributed by atoms with van der Waals surface area (Å²) in [6, 6.07) is 4.51. The van der Waals surface area contributed by atoms with Crippen molar-refractivity contribution in [3.05, 3.63) is 29.3 Å². The van der Waals surface area contributed by atoms with E-state index in [1.165, 1.54) is 12.1 Å². The number of aromatic carboxylic acids is 1. The van der Waals surface area contributed by atoms with Crippen LogP contribution in [0.2, 0.25) is 0 Å². The number of hydrogen-bond donors (Lipinski definition) is 2. The number of anilines is 1.